The number of nitrogens with zero attached hydrogens (tertiary/aromatic N) is 3. The Balaban J connectivity index is 0.00000312. The van der Waals surface area contributed by atoms with E-state index in [4.69, 9.17) is 5.73 Å². The van der Waals surface area contributed by atoms with Crippen LogP contribution in [-0.2, 0) is 10.0 Å². The molecule has 2 fully saturated rings. The molecule has 0 aromatic carbocycles. The van der Waals surface area contributed by atoms with E-state index in [1.54, 1.807) is 0 Å². The molecule has 0 aromatic heterocycles. The monoisotopic (exact) mass is 498 g/mol. The van der Waals surface area contributed by atoms with E-state index in [-0.39, 0.29) is 43.0 Å². The summed E-state index contributed by atoms with van der Waals surface area (Å²) < 4.78 is 60.9. The summed E-state index contributed by atoms with van der Waals surface area (Å²) in [4.78, 5) is 6.43. The van der Waals surface area contributed by atoms with Crippen LogP contribution in [0.4, 0.5) is 13.2 Å². The van der Waals surface area contributed by atoms with Gasteiger partial charge in [0.1, 0.15) is 0 Å². The minimum Gasteiger partial charge on any atom is -0.370 e. The van der Waals surface area contributed by atoms with E-state index in [1.807, 2.05) is 0 Å². The molecule has 2 heterocycles. The zero-order valence-electron chi connectivity index (χ0n) is 14.0. The quantitative estimate of drug-likeness (QED) is 0.368. The van der Waals surface area contributed by atoms with E-state index in [2.05, 4.69) is 9.89 Å². The van der Waals surface area contributed by atoms with Crippen molar-refractivity contribution in [3.63, 3.8) is 0 Å². The van der Waals surface area contributed by atoms with Crippen molar-refractivity contribution in [2.75, 3.05) is 32.7 Å². The van der Waals surface area contributed by atoms with E-state index < -0.39 is 15.5 Å². The second kappa shape index (κ2) is 9.58. The molecule has 2 N–H and O–H groups in total. The maximum atomic E-state index is 12.5. The summed E-state index contributed by atoms with van der Waals surface area (Å²) in [7, 11) is -5.21. The third-order valence-corrected chi connectivity index (χ3v) is 6.28. The van der Waals surface area contributed by atoms with Crippen molar-refractivity contribution in [2.45, 2.75) is 44.0 Å². The molecule has 0 spiro atoms. The van der Waals surface area contributed by atoms with Gasteiger partial charge in [-0.05, 0) is 31.6 Å². The van der Waals surface area contributed by atoms with Gasteiger partial charge in [0.15, 0.2) is 5.96 Å². The first kappa shape index (κ1) is 22.7. The van der Waals surface area contributed by atoms with Crippen LogP contribution in [0.1, 0.15) is 38.5 Å². The molecule has 0 saturated carbocycles. The number of rotatable bonds is 3. The van der Waals surface area contributed by atoms with Gasteiger partial charge in [0, 0.05) is 32.7 Å². The van der Waals surface area contributed by atoms with E-state index in [0.29, 0.717) is 29.7 Å². The second-order valence-corrected chi connectivity index (χ2v) is 8.32. The van der Waals surface area contributed by atoms with Crippen molar-refractivity contribution in [2.24, 2.45) is 16.6 Å². The van der Waals surface area contributed by atoms with Crippen molar-refractivity contribution >= 4 is 40.0 Å². The molecule has 0 amide bonds. The van der Waals surface area contributed by atoms with E-state index in [9.17, 15) is 21.6 Å². The van der Waals surface area contributed by atoms with E-state index in [0.717, 1.165) is 25.9 Å². The fourth-order valence-corrected chi connectivity index (χ4v) is 4.09. The third-order valence-electron chi connectivity index (χ3n) is 4.65. The molecule has 2 aliphatic heterocycles. The Hall–Kier alpha value is -0.300. The topological polar surface area (TPSA) is 79.0 Å². The predicted molar refractivity (Wildman–Crippen MR) is 101 cm³/mol. The number of nitrogens with two attached hydrogens (primary N) is 1. The predicted octanol–water partition coefficient (Wildman–Crippen LogP) is 2.36. The van der Waals surface area contributed by atoms with Gasteiger partial charge < -0.3 is 10.6 Å². The Morgan fingerprint density at radius 2 is 1.56 bits per heavy atom. The van der Waals surface area contributed by atoms with Crippen LogP contribution in [0.5, 0.6) is 0 Å². The number of halogens is 4. The average molecular weight is 498 g/mol. The third kappa shape index (κ3) is 6.12. The van der Waals surface area contributed by atoms with Gasteiger partial charge in [0.05, 0.1) is 0 Å². The highest BCUT2D eigenvalue weighted by molar-refractivity contribution is 14.0. The number of aliphatic imine (C=N–C) groups is 1. The zero-order chi connectivity index (χ0) is 17.8. The lowest BCUT2D eigenvalue weighted by molar-refractivity contribution is -0.0496. The normalized spacial score (nSPS) is 22.4. The van der Waals surface area contributed by atoms with Crippen LogP contribution in [0.3, 0.4) is 0 Å². The summed E-state index contributed by atoms with van der Waals surface area (Å²) in [6.07, 6.45) is 5.29. The SMILES string of the molecule is I.NC(=NCC1CCN(S(=O)(=O)C(F)(F)F)CC1)N1CCCCCC1. The maximum absolute atomic E-state index is 12.5. The minimum atomic E-state index is -5.23. The molecule has 2 rings (SSSR count). The zero-order valence-corrected chi connectivity index (χ0v) is 17.2. The summed E-state index contributed by atoms with van der Waals surface area (Å²) in [5.74, 6) is 0.553. The number of piperidine rings is 1. The molecule has 0 radical (unpaired) electrons. The van der Waals surface area contributed by atoms with Crippen molar-refractivity contribution < 1.29 is 21.6 Å². The van der Waals surface area contributed by atoms with Crippen LogP contribution in [0.2, 0.25) is 0 Å². The number of likely N-dealkylation sites (tertiary alicyclic amines) is 1. The fourth-order valence-electron chi connectivity index (χ4n) is 3.10. The van der Waals surface area contributed by atoms with Crippen LogP contribution < -0.4 is 5.73 Å². The average Bonchev–Trinajstić information content (AvgIpc) is 2.81. The Morgan fingerprint density at radius 3 is 2.04 bits per heavy atom. The van der Waals surface area contributed by atoms with Crippen LogP contribution >= 0.6 is 24.0 Å². The molecule has 0 aromatic rings. The van der Waals surface area contributed by atoms with Gasteiger partial charge in [-0.1, -0.05) is 12.8 Å². The van der Waals surface area contributed by atoms with Crippen LogP contribution in [-0.4, -0.2) is 61.8 Å². The number of guanidine groups is 1. The highest BCUT2D eigenvalue weighted by Gasteiger charge is 2.50. The molecule has 2 saturated heterocycles. The van der Waals surface area contributed by atoms with Gasteiger partial charge in [0.2, 0.25) is 0 Å². The first-order valence-corrected chi connectivity index (χ1v) is 9.77. The van der Waals surface area contributed by atoms with Crippen LogP contribution in [0.15, 0.2) is 4.99 Å². The molecule has 0 atom stereocenters. The Kier molecular flexibility index (Phi) is 8.72. The first-order chi connectivity index (χ1) is 11.2. The van der Waals surface area contributed by atoms with Gasteiger partial charge in [-0.15, -0.1) is 24.0 Å². The summed E-state index contributed by atoms with van der Waals surface area (Å²) in [6.45, 7) is 1.97. The maximum Gasteiger partial charge on any atom is 0.511 e. The number of sulfonamides is 1. The summed E-state index contributed by atoms with van der Waals surface area (Å²) in [5, 5.41) is 0. The Morgan fingerprint density at radius 1 is 1.04 bits per heavy atom. The first-order valence-electron chi connectivity index (χ1n) is 8.33. The van der Waals surface area contributed by atoms with Gasteiger partial charge >= 0.3 is 15.5 Å². The molecule has 0 aliphatic carbocycles. The van der Waals surface area contributed by atoms with E-state index >= 15 is 0 Å². The number of hydrogen-bond donors (Lipinski definition) is 1. The highest BCUT2D eigenvalue weighted by Crippen LogP contribution is 2.30. The smallest absolute Gasteiger partial charge is 0.370 e. The molecular formula is C14H26F3IN4O2S. The number of alkyl halides is 3. The molecule has 11 heteroatoms. The second-order valence-electron chi connectivity index (χ2n) is 6.39. The van der Waals surface area contributed by atoms with Crippen molar-refractivity contribution in [1.82, 2.24) is 9.21 Å². The lowest BCUT2D eigenvalue weighted by atomic mass is 9.98. The highest BCUT2D eigenvalue weighted by atomic mass is 127. The molecule has 25 heavy (non-hydrogen) atoms. The van der Waals surface area contributed by atoms with Crippen molar-refractivity contribution in [1.29, 1.82) is 0 Å². The summed E-state index contributed by atoms with van der Waals surface area (Å²) >= 11 is 0. The Bertz CT molecular complexity index is 541. The molecule has 0 bridgehead atoms. The lowest BCUT2D eigenvalue weighted by Crippen LogP contribution is -2.45. The van der Waals surface area contributed by atoms with Gasteiger partial charge in [-0.2, -0.15) is 17.5 Å². The molecule has 148 valence electrons. The Labute approximate surface area is 164 Å². The molecular weight excluding hydrogens is 472 g/mol. The van der Waals surface area contributed by atoms with Crippen molar-refractivity contribution in [3.05, 3.63) is 0 Å². The number of hydrogen-bond acceptors (Lipinski definition) is 3. The largest absolute Gasteiger partial charge is 0.511 e. The lowest BCUT2D eigenvalue weighted by Gasteiger charge is -2.31. The van der Waals surface area contributed by atoms with Gasteiger partial charge in [-0.25, -0.2) is 8.42 Å². The van der Waals surface area contributed by atoms with Gasteiger partial charge in [0.25, 0.3) is 0 Å². The van der Waals surface area contributed by atoms with Crippen LogP contribution in [0.25, 0.3) is 0 Å². The summed E-state index contributed by atoms with van der Waals surface area (Å²) in [5.41, 5.74) is 0.783. The van der Waals surface area contributed by atoms with E-state index in [1.165, 1.54) is 12.8 Å². The standard InChI is InChI=1S/C14H25F3N4O2S.HI/c15-14(16,17)24(22,23)21-9-5-12(6-10-21)11-19-13(18)20-7-3-1-2-4-8-20;/h12H,1-11H2,(H2,18,19);1H. The van der Waals surface area contributed by atoms with Crippen LogP contribution in [0, 0.1) is 5.92 Å². The molecule has 6 nitrogen and oxygen atoms in total. The molecule has 2 aliphatic rings. The summed E-state index contributed by atoms with van der Waals surface area (Å²) in [6, 6.07) is 0. The van der Waals surface area contributed by atoms with Crippen molar-refractivity contribution in [3.8, 4) is 0 Å². The molecule has 0 unspecified atom stereocenters. The fraction of sp³-hybridized carbons (Fsp3) is 0.929. The van der Waals surface area contributed by atoms with Gasteiger partial charge in [-0.3, -0.25) is 4.99 Å². The minimum absolute atomic E-state index is 0.